The predicted octanol–water partition coefficient (Wildman–Crippen LogP) is 5.29. The molecule has 202 valence electrons. The molecule has 0 aromatic rings. The van der Waals surface area contributed by atoms with Gasteiger partial charge < -0.3 is 10.6 Å². The molecule has 0 aromatic carbocycles. The Morgan fingerprint density at radius 1 is 0.556 bits per heavy atom. The van der Waals surface area contributed by atoms with E-state index in [-0.39, 0.29) is 23.1 Å². The molecule has 8 heteroatoms. The fraction of sp³-hybridized carbons (Fsp3) is 0.929. The number of carbonyl (C=O) groups is 2. The van der Waals surface area contributed by atoms with Gasteiger partial charge in [-0.3, -0.25) is 10.4 Å². The van der Waals surface area contributed by atoms with Crippen LogP contribution in [-0.4, -0.2) is 56.8 Å². The van der Waals surface area contributed by atoms with E-state index in [4.69, 9.17) is 0 Å². The van der Waals surface area contributed by atoms with Gasteiger partial charge in [0.25, 0.3) is 0 Å². The summed E-state index contributed by atoms with van der Waals surface area (Å²) in [7, 11) is 0. The van der Waals surface area contributed by atoms with E-state index in [1.807, 2.05) is 0 Å². The van der Waals surface area contributed by atoms with Crippen molar-refractivity contribution >= 4 is 12.1 Å². The molecular formula is C28H46N4O4. The SMILES string of the molecule is O=C(NCCCCCCNC(=O)N(O)C12CC3CC(CC(C3)C1)C2)N(O)C12CC3CC(CC(C3)C1)C2. The largest absolute Gasteiger partial charge is 0.341 e. The summed E-state index contributed by atoms with van der Waals surface area (Å²) in [5, 5.41) is 29.5. The van der Waals surface area contributed by atoms with E-state index in [1.165, 1.54) is 38.5 Å². The van der Waals surface area contributed by atoms with Crippen LogP contribution in [0.15, 0.2) is 0 Å². The molecule has 0 unspecified atom stereocenters. The molecule has 4 N–H and O–H groups in total. The number of nitrogens with zero attached hydrogens (tertiary/aromatic N) is 2. The van der Waals surface area contributed by atoms with Crippen molar-refractivity contribution in [2.75, 3.05) is 13.1 Å². The molecule has 0 spiro atoms. The molecule has 8 saturated carbocycles. The Balaban J connectivity index is 0.850. The molecule has 0 aromatic heterocycles. The van der Waals surface area contributed by atoms with E-state index in [0.29, 0.717) is 48.6 Å². The molecule has 8 bridgehead atoms. The quantitative estimate of drug-likeness (QED) is 0.195. The number of hydroxylamine groups is 4. The number of unbranched alkanes of at least 4 members (excludes halogenated alkanes) is 3. The van der Waals surface area contributed by atoms with Crippen molar-refractivity contribution < 1.29 is 20.0 Å². The van der Waals surface area contributed by atoms with Crippen LogP contribution >= 0.6 is 0 Å². The van der Waals surface area contributed by atoms with Gasteiger partial charge in [-0.2, -0.15) is 0 Å². The first-order valence-electron chi connectivity index (χ1n) is 14.9. The van der Waals surface area contributed by atoms with Crippen molar-refractivity contribution in [3.63, 3.8) is 0 Å². The van der Waals surface area contributed by atoms with Gasteiger partial charge in [0, 0.05) is 13.1 Å². The van der Waals surface area contributed by atoms with E-state index in [2.05, 4.69) is 10.6 Å². The second kappa shape index (κ2) is 9.64. The number of carbonyl (C=O) groups excluding carboxylic acids is 2. The van der Waals surface area contributed by atoms with Gasteiger partial charge in [0.1, 0.15) is 0 Å². The minimum atomic E-state index is -0.336. The molecule has 4 amide bonds. The zero-order valence-corrected chi connectivity index (χ0v) is 21.8. The lowest BCUT2D eigenvalue weighted by Gasteiger charge is -2.58. The van der Waals surface area contributed by atoms with Crippen molar-refractivity contribution in [3.8, 4) is 0 Å². The van der Waals surface area contributed by atoms with Crippen molar-refractivity contribution in [1.29, 1.82) is 0 Å². The third-order valence-electron chi connectivity index (χ3n) is 11.0. The fourth-order valence-electron chi connectivity index (χ4n) is 10.2. The van der Waals surface area contributed by atoms with Crippen LogP contribution in [0, 0.1) is 35.5 Å². The number of rotatable bonds is 9. The van der Waals surface area contributed by atoms with Gasteiger partial charge in [0.2, 0.25) is 0 Å². The molecule has 8 fully saturated rings. The summed E-state index contributed by atoms with van der Waals surface area (Å²) in [6, 6.07) is -0.672. The standard InChI is InChI=1S/C28H46N4O4/c33-25(31(35)27-13-19-7-20(14-27)9-21(8-19)15-27)29-5-3-1-2-4-6-30-26(34)32(36)28-16-22-10-23(17-28)12-24(11-22)18-28/h19-24,35-36H,1-18H2,(H,29,33)(H,30,34). The second-order valence-corrected chi connectivity index (χ2v) is 13.8. The van der Waals surface area contributed by atoms with Crippen LogP contribution < -0.4 is 10.6 Å². The van der Waals surface area contributed by atoms with Crippen LogP contribution in [0.2, 0.25) is 0 Å². The van der Waals surface area contributed by atoms with Gasteiger partial charge in [-0.25, -0.2) is 19.7 Å². The molecule has 0 aliphatic heterocycles. The molecule has 8 aliphatic carbocycles. The van der Waals surface area contributed by atoms with Crippen LogP contribution in [0.5, 0.6) is 0 Å². The number of amides is 4. The summed E-state index contributed by atoms with van der Waals surface area (Å²) < 4.78 is 0. The Morgan fingerprint density at radius 2 is 0.833 bits per heavy atom. The summed E-state index contributed by atoms with van der Waals surface area (Å²) in [4.78, 5) is 25.3. The first-order chi connectivity index (χ1) is 17.3. The maximum atomic E-state index is 12.7. The van der Waals surface area contributed by atoms with Gasteiger partial charge in [-0.1, -0.05) is 12.8 Å². The van der Waals surface area contributed by atoms with E-state index in [1.54, 1.807) is 0 Å². The molecule has 36 heavy (non-hydrogen) atoms. The first kappa shape index (κ1) is 24.8. The zero-order chi connectivity index (χ0) is 24.9. The third kappa shape index (κ3) is 4.61. The first-order valence-corrected chi connectivity index (χ1v) is 14.9. The Hall–Kier alpha value is -1.54. The molecule has 8 aliphatic rings. The second-order valence-electron chi connectivity index (χ2n) is 13.8. The van der Waals surface area contributed by atoms with Crippen LogP contribution in [0.1, 0.15) is 103 Å². The predicted molar refractivity (Wildman–Crippen MR) is 134 cm³/mol. The molecule has 8 rings (SSSR count). The van der Waals surface area contributed by atoms with E-state index in [9.17, 15) is 20.0 Å². The van der Waals surface area contributed by atoms with E-state index >= 15 is 0 Å². The highest BCUT2D eigenvalue weighted by atomic mass is 16.5. The van der Waals surface area contributed by atoms with Gasteiger partial charge >= 0.3 is 12.1 Å². The summed E-state index contributed by atoms with van der Waals surface area (Å²) in [5.41, 5.74) is -0.651. The van der Waals surface area contributed by atoms with Crippen molar-refractivity contribution in [3.05, 3.63) is 0 Å². The van der Waals surface area contributed by atoms with Crippen LogP contribution in [-0.2, 0) is 0 Å². The lowest BCUT2D eigenvalue weighted by Crippen LogP contribution is -2.62. The molecule has 0 atom stereocenters. The number of hydrogen-bond donors (Lipinski definition) is 4. The highest BCUT2D eigenvalue weighted by Crippen LogP contribution is 2.58. The maximum absolute atomic E-state index is 12.7. The lowest BCUT2D eigenvalue weighted by molar-refractivity contribution is -0.191. The van der Waals surface area contributed by atoms with E-state index < -0.39 is 0 Å². The summed E-state index contributed by atoms with van der Waals surface area (Å²) in [5.74, 6) is 4.11. The van der Waals surface area contributed by atoms with Gasteiger partial charge in [0.05, 0.1) is 11.1 Å². The zero-order valence-electron chi connectivity index (χ0n) is 21.8. The molecule has 0 saturated heterocycles. The van der Waals surface area contributed by atoms with Gasteiger partial charge in [-0.05, 0) is 125 Å². The summed E-state index contributed by atoms with van der Waals surface area (Å²) in [6.07, 6.45) is 17.1. The molecular weight excluding hydrogens is 456 g/mol. The molecule has 8 nitrogen and oxygen atoms in total. The Morgan fingerprint density at radius 3 is 1.11 bits per heavy atom. The minimum Gasteiger partial charge on any atom is -0.336 e. The number of nitrogens with one attached hydrogen (secondary N) is 2. The topological polar surface area (TPSA) is 105 Å². The summed E-state index contributed by atoms with van der Waals surface area (Å²) in [6.45, 7) is 1.12. The lowest BCUT2D eigenvalue weighted by atomic mass is 9.53. The number of hydrogen-bond acceptors (Lipinski definition) is 4. The summed E-state index contributed by atoms with van der Waals surface area (Å²) >= 11 is 0. The Labute approximate surface area is 215 Å². The molecule has 0 radical (unpaired) electrons. The monoisotopic (exact) mass is 502 g/mol. The fourth-order valence-corrected chi connectivity index (χ4v) is 10.2. The van der Waals surface area contributed by atoms with Crippen LogP contribution in [0.25, 0.3) is 0 Å². The van der Waals surface area contributed by atoms with E-state index in [0.717, 1.165) is 74.3 Å². The third-order valence-corrected chi connectivity index (χ3v) is 11.0. The van der Waals surface area contributed by atoms with Gasteiger partial charge in [0.15, 0.2) is 0 Å². The van der Waals surface area contributed by atoms with Crippen molar-refractivity contribution in [2.24, 2.45) is 35.5 Å². The smallest absolute Gasteiger partial charge is 0.336 e. The number of urea groups is 2. The Bertz CT molecular complexity index is 709. The highest BCUT2D eigenvalue weighted by molar-refractivity contribution is 5.74. The average molecular weight is 503 g/mol. The Kier molecular flexibility index (Phi) is 6.64. The minimum absolute atomic E-state index is 0.326. The maximum Gasteiger partial charge on any atom is 0.341 e. The van der Waals surface area contributed by atoms with Crippen molar-refractivity contribution in [1.82, 2.24) is 20.8 Å². The van der Waals surface area contributed by atoms with Crippen LogP contribution in [0.4, 0.5) is 9.59 Å². The molecule has 0 heterocycles. The van der Waals surface area contributed by atoms with Gasteiger partial charge in [-0.15, -0.1) is 0 Å². The van der Waals surface area contributed by atoms with Crippen molar-refractivity contribution in [2.45, 2.75) is 114 Å². The average Bonchev–Trinajstić information content (AvgIpc) is 2.82. The van der Waals surface area contributed by atoms with Crippen LogP contribution in [0.3, 0.4) is 0 Å². The normalized spacial score (nSPS) is 41.4. The highest BCUT2D eigenvalue weighted by Gasteiger charge is 2.56.